The summed E-state index contributed by atoms with van der Waals surface area (Å²) in [6, 6.07) is 0. The molecule has 4 heteroatoms. The van der Waals surface area contributed by atoms with Crippen molar-refractivity contribution in [3.8, 4) is 0 Å². The van der Waals surface area contributed by atoms with Crippen LogP contribution in [0.5, 0.6) is 0 Å². The quantitative estimate of drug-likeness (QED) is 0.760. The fourth-order valence-corrected chi connectivity index (χ4v) is 2.48. The molecule has 1 fully saturated rings. The zero-order valence-corrected chi connectivity index (χ0v) is 10.0. The molecule has 4 nitrogen and oxygen atoms in total. The Morgan fingerprint density at radius 3 is 2.81 bits per heavy atom. The second-order valence-electron chi connectivity index (χ2n) is 4.75. The fraction of sp³-hybridized carbons (Fsp3) is 0.833. The van der Waals surface area contributed by atoms with Crippen molar-refractivity contribution >= 4 is 11.7 Å². The summed E-state index contributed by atoms with van der Waals surface area (Å²) in [4.78, 5) is 18.4. The molecular formula is C12H21N3O. The number of hydrogen-bond donors (Lipinski definition) is 1. The maximum atomic E-state index is 12.0. The smallest absolute Gasteiger partial charge is 0.222 e. The van der Waals surface area contributed by atoms with E-state index >= 15 is 0 Å². The van der Waals surface area contributed by atoms with Crippen LogP contribution >= 0.6 is 0 Å². The van der Waals surface area contributed by atoms with E-state index in [0.717, 1.165) is 31.9 Å². The first-order valence-electron chi connectivity index (χ1n) is 6.28. The third kappa shape index (κ3) is 2.74. The summed E-state index contributed by atoms with van der Waals surface area (Å²) in [5.41, 5.74) is 0. The first-order valence-corrected chi connectivity index (χ1v) is 6.28. The van der Waals surface area contributed by atoms with Gasteiger partial charge in [-0.25, -0.2) is 0 Å². The number of hydrogen-bond acceptors (Lipinski definition) is 3. The summed E-state index contributed by atoms with van der Waals surface area (Å²) in [6.07, 6.45) is 5.24. The first kappa shape index (κ1) is 11.4. The minimum atomic E-state index is 0.331. The summed E-state index contributed by atoms with van der Waals surface area (Å²) in [6.45, 7) is 2.74. The van der Waals surface area contributed by atoms with Gasteiger partial charge in [0.15, 0.2) is 0 Å². The highest BCUT2D eigenvalue weighted by molar-refractivity contribution is 5.85. The van der Waals surface area contributed by atoms with Crippen LogP contribution in [0.2, 0.25) is 0 Å². The highest BCUT2D eigenvalue weighted by Gasteiger charge is 2.24. The Balaban J connectivity index is 1.75. The van der Waals surface area contributed by atoms with Crippen LogP contribution in [0.4, 0.5) is 0 Å². The molecule has 1 atom stereocenters. The number of carbonyl (C=O) groups excluding carboxylic acids is 1. The number of piperidine rings is 1. The number of amides is 1. The minimum absolute atomic E-state index is 0.331. The molecule has 0 radical (unpaired) electrons. The summed E-state index contributed by atoms with van der Waals surface area (Å²) >= 11 is 0. The van der Waals surface area contributed by atoms with Gasteiger partial charge in [0.25, 0.3) is 0 Å². The van der Waals surface area contributed by atoms with Crippen LogP contribution in [0.15, 0.2) is 4.99 Å². The molecule has 0 bridgehead atoms. The van der Waals surface area contributed by atoms with Gasteiger partial charge in [0.2, 0.25) is 5.91 Å². The maximum Gasteiger partial charge on any atom is 0.222 e. The summed E-state index contributed by atoms with van der Waals surface area (Å²) < 4.78 is 0. The van der Waals surface area contributed by atoms with Crippen molar-refractivity contribution < 1.29 is 4.79 Å². The lowest BCUT2D eigenvalue weighted by Gasteiger charge is -2.27. The highest BCUT2D eigenvalue weighted by atomic mass is 16.2. The van der Waals surface area contributed by atoms with Crippen molar-refractivity contribution in [1.29, 1.82) is 0 Å². The van der Waals surface area contributed by atoms with Gasteiger partial charge in [-0.2, -0.15) is 0 Å². The van der Waals surface area contributed by atoms with Crippen LogP contribution in [-0.2, 0) is 4.79 Å². The summed E-state index contributed by atoms with van der Waals surface area (Å²) in [5, 5.41) is 3.07. The van der Waals surface area contributed by atoms with Gasteiger partial charge >= 0.3 is 0 Å². The van der Waals surface area contributed by atoms with E-state index in [9.17, 15) is 4.79 Å². The monoisotopic (exact) mass is 223 g/mol. The van der Waals surface area contributed by atoms with Gasteiger partial charge in [-0.15, -0.1) is 0 Å². The van der Waals surface area contributed by atoms with Gasteiger partial charge in [-0.05, 0) is 25.2 Å². The zero-order valence-electron chi connectivity index (χ0n) is 10.0. The van der Waals surface area contributed by atoms with E-state index in [4.69, 9.17) is 0 Å². The maximum absolute atomic E-state index is 12.0. The average Bonchev–Trinajstić information content (AvgIpc) is 2.78. The summed E-state index contributed by atoms with van der Waals surface area (Å²) in [5.74, 6) is 1.81. The van der Waals surface area contributed by atoms with E-state index in [1.807, 2.05) is 11.9 Å². The van der Waals surface area contributed by atoms with E-state index in [1.54, 1.807) is 0 Å². The second-order valence-corrected chi connectivity index (χ2v) is 4.75. The van der Waals surface area contributed by atoms with Gasteiger partial charge in [-0.3, -0.25) is 9.79 Å². The molecule has 0 aromatic rings. The number of likely N-dealkylation sites (tertiary alicyclic amines) is 1. The Morgan fingerprint density at radius 2 is 2.19 bits per heavy atom. The molecule has 0 aromatic carbocycles. The van der Waals surface area contributed by atoms with Crippen molar-refractivity contribution in [2.24, 2.45) is 10.9 Å². The molecule has 2 aliphatic rings. The van der Waals surface area contributed by atoms with Crippen molar-refractivity contribution in [3.63, 3.8) is 0 Å². The normalized spacial score (nSPS) is 25.4. The molecule has 1 saturated heterocycles. The molecule has 2 rings (SSSR count). The zero-order chi connectivity index (χ0) is 11.4. The highest BCUT2D eigenvalue weighted by Crippen LogP contribution is 2.19. The third-order valence-electron chi connectivity index (χ3n) is 3.48. The largest absolute Gasteiger partial charge is 0.377 e. The molecule has 2 heterocycles. The van der Waals surface area contributed by atoms with Crippen LogP contribution in [0.3, 0.4) is 0 Å². The van der Waals surface area contributed by atoms with E-state index in [1.165, 1.54) is 19.3 Å². The Bertz CT molecular complexity index is 282. The summed E-state index contributed by atoms with van der Waals surface area (Å²) in [7, 11) is 1.90. The van der Waals surface area contributed by atoms with E-state index in [2.05, 4.69) is 10.3 Å². The molecule has 0 spiro atoms. The SMILES string of the molecule is CNC1=NCC(CC(=O)N2CCCCC2)C1. The predicted octanol–water partition coefficient (Wildman–Crippen LogP) is 1.03. The van der Waals surface area contributed by atoms with Gasteiger partial charge in [0.05, 0.1) is 5.84 Å². The van der Waals surface area contributed by atoms with Gasteiger partial charge in [0.1, 0.15) is 0 Å². The van der Waals surface area contributed by atoms with Crippen molar-refractivity contribution in [2.45, 2.75) is 32.1 Å². The molecule has 2 aliphatic heterocycles. The Morgan fingerprint density at radius 1 is 1.44 bits per heavy atom. The number of carbonyl (C=O) groups is 1. The number of amidine groups is 1. The number of aliphatic imine (C=N–C) groups is 1. The standard InChI is InChI=1S/C12H21N3O/c1-13-11-7-10(9-14-11)8-12(16)15-5-3-2-4-6-15/h10H,2-9H2,1H3,(H,13,14). The van der Waals surface area contributed by atoms with Crippen LogP contribution in [-0.4, -0.2) is 43.3 Å². The fourth-order valence-electron chi connectivity index (χ4n) is 2.48. The molecular weight excluding hydrogens is 202 g/mol. The topological polar surface area (TPSA) is 44.7 Å². The average molecular weight is 223 g/mol. The molecule has 0 aliphatic carbocycles. The second kappa shape index (κ2) is 5.32. The van der Waals surface area contributed by atoms with Crippen LogP contribution in [0.25, 0.3) is 0 Å². The molecule has 1 amide bonds. The van der Waals surface area contributed by atoms with Crippen LogP contribution in [0.1, 0.15) is 32.1 Å². The minimum Gasteiger partial charge on any atom is -0.377 e. The Hall–Kier alpha value is -1.06. The molecule has 90 valence electrons. The molecule has 1 unspecified atom stereocenters. The van der Waals surface area contributed by atoms with Crippen molar-refractivity contribution in [3.05, 3.63) is 0 Å². The Kier molecular flexibility index (Phi) is 3.80. The third-order valence-corrected chi connectivity index (χ3v) is 3.48. The first-order chi connectivity index (χ1) is 7.79. The lowest BCUT2D eigenvalue weighted by Crippen LogP contribution is -2.36. The van der Waals surface area contributed by atoms with Gasteiger partial charge < -0.3 is 10.2 Å². The van der Waals surface area contributed by atoms with Crippen LogP contribution < -0.4 is 5.32 Å². The molecule has 0 aromatic heterocycles. The predicted molar refractivity (Wildman–Crippen MR) is 64.5 cm³/mol. The van der Waals surface area contributed by atoms with Gasteiger partial charge in [0, 0.05) is 39.5 Å². The van der Waals surface area contributed by atoms with E-state index < -0.39 is 0 Å². The lowest BCUT2D eigenvalue weighted by atomic mass is 10.0. The number of nitrogens with zero attached hydrogens (tertiary/aromatic N) is 2. The van der Waals surface area contributed by atoms with Crippen molar-refractivity contribution in [2.75, 3.05) is 26.7 Å². The van der Waals surface area contributed by atoms with Crippen molar-refractivity contribution in [1.82, 2.24) is 10.2 Å². The molecule has 0 saturated carbocycles. The van der Waals surface area contributed by atoms with Crippen LogP contribution in [0, 0.1) is 5.92 Å². The lowest BCUT2D eigenvalue weighted by molar-refractivity contribution is -0.132. The molecule has 1 N–H and O–H groups in total. The van der Waals surface area contributed by atoms with Gasteiger partial charge in [-0.1, -0.05) is 0 Å². The number of nitrogens with one attached hydrogen (secondary N) is 1. The Labute approximate surface area is 97.1 Å². The molecule has 16 heavy (non-hydrogen) atoms. The van der Waals surface area contributed by atoms with E-state index in [0.29, 0.717) is 18.2 Å². The van der Waals surface area contributed by atoms with E-state index in [-0.39, 0.29) is 0 Å². The number of rotatable bonds is 2.